The first-order chi connectivity index (χ1) is 16.6. The Morgan fingerprint density at radius 1 is 1.03 bits per heavy atom. The first-order valence-electron chi connectivity index (χ1n) is 10.5. The van der Waals surface area contributed by atoms with E-state index in [1.54, 1.807) is 10.8 Å². The Kier molecular flexibility index (Phi) is 8.30. The van der Waals surface area contributed by atoms with Crippen molar-refractivity contribution in [2.24, 2.45) is 0 Å². The Morgan fingerprint density at radius 3 is 2.11 bits per heavy atom. The third-order valence-corrected chi connectivity index (χ3v) is 5.33. The van der Waals surface area contributed by atoms with Gasteiger partial charge in [0.2, 0.25) is 12.0 Å². The van der Waals surface area contributed by atoms with Crippen molar-refractivity contribution >= 4 is 18.0 Å². The third-order valence-electron chi connectivity index (χ3n) is 5.33. The molecule has 0 heterocycles. The smallest absolute Gasteiger partial charge is 0.409 e. The van der Waals surface area contributed by atoms with Gasteiger partial charge in [-0.15, -0.1) is 0 Å². The monoisotopic (exact) mass is 496 g/mol. The molecule has 1 aliphatic rings. The maximum atomic E-state index is 13.4. The standard InChI is InChI=1S/C23H23F3N2O7/c1-33-12-18(21(30)31)35-28-20(29)10-19(23(24,25)26)27-22(32)34-11-17-15-8-4-2-6-13(15)14-7-3-5-9-16(14)17/h2-9,17-19H,10-12H2,1H3,(H,27,32)(H,28,29)(H,30,31). The fourth-order valence-electron chi connectivity index (χ4n) is 3.70. The van der Waals surface area contributed by atoms with Crippen LogP contribution < -0.4 is 10.8 Å². The summed E-state index contributed by atoms with van der Waals surface area (Å²) in [4.78, 5) is 39.6. The van der Waals surface area contributed by atoms with E-state index in [0.717, 1.165) is 22.3 Å². The minimum Gasteiger partial charge on any atom is -0.479 e. The van der Waals surface area contributed by atoms with E-state index in [1.165, 1.54) is 7.11 Å². The van der Waals surface area contributed by atoms with Crippen molar-refractivity contribution in [3.05, 3.63) is 59.7 Å². The van der Waals surface area contributed by atoms with Gasteiger partial charge in [0.15, 0.2) is 0 Å². The molecule has 2 amide bonds. The number of carbonyl (C=O) groups excluding carboxylic acids is 2. The number of carboxylic acids is 1. The molecule has 2 atom stereocenters. The number of carbonyl (C=O) groups is 3. The molecule has 2 aromatic rings. The summed E-state index contributed by atoms with van der Waals surface area (Å²) in [5, 5.41) is 10.6. The van der Waals surface area contributed by atoms with Crippen LogP contribution in [-0.4, -0.2) is 61.7 Å². The number of ether oxygens (including phenoxy) is 2. The largest absolute Gasteiger partial charge is 0.479 e. The van der Waals surface area contributed by atoms with Crippen molar-refractivity contribution in [3.63, 3.8) is 0 Å². The van der Waals surface area contributed by atoms with E-state index < -0.39 is 49.3 Å². The third kappa shape index (κ3) is 6.49. The number of amides is 2. The van der Waals surface area contributed by atoms with Gasteiger partial charge in [-0.1, -0.05) is 48.5 Å². The van der Waals surface area contributed by atoms with Gasteiger partial charge in [0.25, 0.3) is 0 Å². The normalized spacial score (nSPS) is 14.4. The van der Waals surface area contributed by atoms with Crippen LogP contribution in [0.15, 0.2) is 48.5 Å². The van der Waals surface area contributed by atoms with E-state index in [9.17, 15) is 27.6 Å². The number of nitrogens with one attached hydrogen (secondary N) is 2. The van der Waals surface area contributed by atoms with Crippen molar-refractivity contribution in [1.82, 2.24) is 10.8 Å². The number of methoxy groups -OCH3 is 1. The van der Waals surface area contributed by atoms with Crippen LogP contribution in [0.4, 0.5) is 18.0 Å². The topological polar surface area (TPSA) is 123 Å². The molecule has 0 saturated heterocycles. The molecule has 9 nitrogen and oxygen atoms in total. The number of carboxylic acid groups (broad SMARTS) is 1. The number of alkyl halides is 3. The number of benzene rings is 2. The van der Waals surface area contributed by atoms with Crippen LogP contribution in [0.2, 0.25) is 0 Å². The van der Waals surface area contributed by atoms with Crippen LogP contribution in [0.25, 0.3) is 11.1 Å². The van der Waals surface area contributed by atoms with E-state index in [-0.39, 0.29) is 12.5 Å². The molecule has 2 unspecified atom stereocenters. The van der Waals surface area contributed by atoms with E-state index in [1.807, 2.05) is 48.5 Å². The number of halogens is 3. The van der Waals surface area contributed by atoms with Gasteiger partial charge in [-0.3, -0.25) is 9.63 Å². The first-order valence-corrected chi connectivity index (χ1v) is 10.5. The summed E-state index contributed by atoms with van der Waals surface area (Å²) in [5.41, 5.74) is 5.31. The molecule has 0 aromatic heterocycles. The van der Waals surface area contributed by atoms with Gasteiger partial charge in [0, 0.05) is 13.0 Å². The lowest BCUT2D eigenvalue weighted by Gasteiger charge is -2.22. The van der Waals surface area contributed by atoms with Gasteiger partial charge in [-0.2, -0.15) is 13.2 Å². The highest BCUT2D eigenvalue weighted by Gasteiger charge is 2.43. The Morgan fingerprint density at radius 2 is 1.60 bits per heavy atom. The molecule has 0 spiro atoms. The van der Waals surface area contributed by atoms with Crippen molar-refractivity contribution in [3.8, 4) is 11.1 Å². The van der Waals surface area contributed by atoms with Crippen LogP contribution >= 0.6 is 0 Å². The molecule has 0 saturated carbocycles. The number of hydrogen-bond donors (Lipinski definition) is 3. The maximum absolute atomic E-state index is 13.4. The summed E-state index contributed by atoms with van der Waals surface area (Å²) in [6.07, 6.45) is -9.22. The highest BCUT2D eigenvalue weighted by molar-refractivity contribution is 5.79. The zero-order valence-electron chi connectivity index (χ0n) is 18.5. The number of fused-ring (bicyclic) bond motifs is 3. The second-order valence-corrected chi connectivity index (χ2v) is 7.69. The Balaban J connectivity index is 1.60. The maximum Gasteiger partial charge on any atom is 0.409 e. The summed E-state index contributed by atoms with van der Waals surface area (Å²) in [5.74, 6) is -3.15. The van der Waals surface area contributed by atoms with Crippen LogP contribution in [0.1, 0.15) is 23.5 Å². The van der Waals surface area contributed by atoms with Crippen LogP contribution in [0, 0.1) is 0 Å². The molecule has 3 N–H and O–H groups in total. The summed E-state index contributed by atoms with van der Waals surface area (Å²) >= 11 is 0. The van der Waals surface area contributed by atoms with Gasteiger partial charge in [-0.25, -0.2) is 15.1 Å². The van der Waals surface area contributed by atoms with Gasteiger partial charge >= 0.3 is 18.2 Å². The molecule has 0 radical (unpaired) electrons. The summed E-state index contributed by atoms with van der Waals surface area (Å²) in [6, 6.07) is 12.3. The summed E-state index contributed by atoms with van der Waals surface area (Å²) in [7, 11) is 1.18. The zero-order valence-corrected chi connectivity index (χ0v) is 18.5. The number of hydroxylamine groups is 1. The van der Waals surface area contributed by atoms with E-state index in [0.29, 0.717) is 0 Å². The molecule has 35 heavy (non-hydrogen) atoms. The van der Waals surface area contributed by atoms with Gasteiger partial charge in [0.1, 0.15) is 12.6 Å². The lowest BCUT2D eigenvalue weighted by Crippen LogP contribution is -2.49. The van der Waals surface area contributed by atoms with Crippen LogP contribution in [0.5, 0.6) is 0 Å². The Hall–Kier alpha value is -3.64. The van der Waals surface area contributed by atoms with Gasteiger partial charge in [0.05, 0.1) is 13.0 Å². The molecule has 188 valence electrons. The number of hydrogen-bond acceptors (Lipinski definition) is 6. The van der Waals surface area contributed by atoms with Crippen molar-refractivity contribution in [1.29, 1.82) is 0 Å². The molecule has 0 aliphatic heterocycles. The van der Waals surface area contributed by atoms with Crippen molar-refractivity contribution < 1.29 is 47.0 Å². The molecule has 3 rings (SSSR count). The minimum atomic E-state index is -4.98. The molecule has 0 bridgehead atoms. The first kappa shape index (κ1) is 26.0. The Bertz CT molecular complexity index is 1030. The van der Waals surface area contributed by atoms with Gasteiger partial charge < -0.3 is 19.9 Å². The van der Waals surface area contributed by atoms with E-state index in [4.69, 9.17) is 9.84 Å². The molecule has 12 heteroatoms. The molecule has 2 aromatic carbocycles. The van der Waals surface area contributed by atoms with E-state index >= 15 is 0 Å². The Labute approximate surface area is 198 Å². The highest BCUT2D eigenvalue weighted by Crippen LogP contribution is 2.44. The van der Waals surface area contributed by atoms with E-state index in [2.05, 4.69) is 9.57 Å². The predicted octanol–water partition coefficient (Wildman–Crippen LogP) is 2.99. The minimum absolute atomic E-state index is 0.211. The molecular weight excluding hydrogens is 473 g/mol. The number of aliphatic carboxylic acids is 1. The highest BCUT2D eigenvalue weighted by atomic mass is 19.4. The van der Waals surface area contributed by atoms with Gasteiger partial charge in [-0.05, 0) is 22.3 Å². The van der Waals surface area contributed by atoms with Crippen molar-refractivity contribution in [2.45, 2.75) is 30.7 Å². The van der Waals surface area contributed by atoms with Crippen LogP contribution in [-0.2, 0) is 23.9 Å². The summed E-state index contributed by atoms with van der Waals surface area (Å²) < 4.78 is 49.9. The quantitative estimate of drug-likeness (QED) is 0.432. The average Bonchev–Trinajstić information content (AvgIpc) is 3.13. The second-order valence-electron chi connectivity index (χ2n) is 7.69. The van der Waals surface area contributed by atoms with Crippen LogP contribution in [0.3, 0.4) is 0 Å². The predicted molar refractivity (Wildman–Crippen MR) is 115 cm³/mol. The second kappa shape index (κ2) is 11.2. The number of alkyl carbamates (subject to hydrolysis) is 1. The fraction of sp³-hybridized carbons (Fsp3) is 0.348. The van der Waals surface area contributed by atoms with Crippen molar-refractivity contribution in [2.75, 3.05) is 20.3 Å². The zero-order chi connectivity index (χ0) is 25.6. The molecular formula is C23H23F3N2O7. The SMILES string of the molecule is COCC(ONC(=O)CC(NC(=O)OCC1c2ccccc2-c2ccccc21)C(F)(F)F)C(=O)O. The lowest BCUT2D eigenvalue weighted by molar-refractivity contribution is -0.172. The average molecular weight is 496 g/mol. The summed E-state index contributed by atoms with van der Waals surface area (Å²) in [6.45, 7) is -0.659. The molecule has 0 fully saturated rings. The number of rotatable bonds is 10. The fourth-order valence-corrected chi connectivity index (χ4v) is 3.70. The lowest BCUT2D eigenvalue weighted by atomic mass is 9.98. The molecule has 1 aliphatic carbocycles.